The third kappa shape index (κ3) is 6.85. The highest BCUT2D eigenvalue weighted by Gasteiger charge is 2.23. The summed E-state index contributed by atoms with van der Waals surface area (Å²) in [5, 5.41) is 12.8. The lowest BCUT2D eigenvalue weighted by Crippen LogP contribution is -2.26. The zero-order chi connectivity index (χ0) is 24.6. The van der Waals surface area contributed by atoms with E-state index < -0.39 is 11.9 Å². The Morgan fingerprint density at radius 3 is 2.39 bits per heavy atom. The molecule has 0 saturated carbocycles. The lowest BCUT2D eigenvalue weighted by molar-refractivity contribution is 0.0997. The average molecular weight is 456 g/mol. The molecule has 2 rings (SSSR count). The summed E-state index contributed by atoms with van der Waals surface area (Å²) in [5.74, 6) is -0.566. The zero-order valence-corrected chi connectivity index (χ0v) is 20.4. The molecule has 0 aliphatic rings. The van der Waals surface area contributed by atoms with Crippen molar-refractivity contribution in [2.45, 2.75) is 59.1 Å². The highest BCUT2D eigenvalue weighted by atomic mass is 16.5. The SMILES string of the molecule is CCN(CC)c1ccc(C(COCCc2ccc(C(N)=O)c(CO)c2)N=O)cc1C(C)(C)C. The summed E-state index contributed by atoms with van der Waals surface area (Å²) >= 11 is 0. The molecule has 0 bridgehead atoms. The second-order valence-corrected chi connectivity index (χ2v) is 9.16. The molecule has 0 spiro atoms. The molecular weight excluding hydrogens is 418 g/mol. The van der Waals surface area contributed by atoms with Crippen molar-refractivity contribution in [3.63, 3.8) is 0 Å². The van der Waals surface area contributed by atoms with Crippen LogP contribution in [-0.4, -0.2) is 37.3 Å². The first-order valence-electron chi connectivity index (χ1n) is 11.5. The molecule has 0 radical (unpaired) electrons. The predicted molar refractivity (Wildman–Crippen MR) is 133 cm³/mol. The molecule has 0 fully saturated rings. The molecule has 2 aromatic rings. The van der Waals surface area contributed by atoms with Crippen LogP contribution in [0.15, 0.2) is 41.6 Å². The maximum atomic E-state index is 11.6. The maximum Gasteiger partial charge on any atom is 0.249 e. The Balaban J connectivity index is 2.09. The van der Waals surface area contributed by atoms with Crippen molar-refractivity contribution in [2.75, 3.05) is 31.2 Å². The molecule has 180 valence electrons. The van der Waals surface area contributed by atoms with Gasteiger partial charge in [0.2, 0.25) is 5.91 Å². The molecule has 1 unspecified atom stereocenters. The van der Waals surface area contributed by atoms with Crippen LogP contribution in [0.3, 0.4) is 0 Å². The Bertz CT molecular complexity index is 949. The van der Waals surface area contributed by atoms with Crippen LogP contribution in [0.5, 0.6) is 0 Å². The van der Waals surface area contributed by atoms with Crippen molar-refractivity contribution in [2.24, 2.45) is 10.9 Å². The first-order valence-corrected chi connectivity index (χ1v) is 11.5. The molecular formula is C26H37N3O4. The molecule has 7 nitrogen and oxygen atoms in total. The number of hydrogen-bond acceptors (Lipinski definition) is 6. The standard InChI is InChI=1S/C26H37N3O4/c1-6-29(7-2)24-11-9-19(15-22(24)26(3,4)5)23(28-32)17-33-13-12-18-8-10-21(25(27)31)20(14-18)16-30/h8-11,14-15,23,30H,6-7,12-13,16-17H2,1-5H3,(H2,27,31). The number of benzene rings is 2. The van der Waals surface area contributed by atoms with Crippen LogP contribution in [0.4, 0.5) is 5.69 Å². The zero-order valence-electron chi connectivity index (χ0n) is 20.4. The number of carbonyl (C=O) groups is 1. The Labute approximate surface area is 196 Å². The van der Waals surface area contributed by atoms with Gasteiger partial charge >= 0.3 is 0 Å². The summed E-state index contributed by atoms with van der Waals surface area (Å²) in [7, 11) is 0. The second-order valence-electron chi connectivity index (χ2n) is 9.16. The fourth-order valence-corrected chi connectivity index (χ4v) is 3.95. The van der Waals surface area contributed by atoms with E-state index in [1.807, 2.05) is 6.07 Å². The number of nitroso groups, excluding NO2 is 1. The lowest BCUT2D eigenvalue weighted by atomic mass is 9.83. The summed E-state index contributed by atoms with van der Waals surface area (Å²) < 4.78 is 5.78. The number of anilines is 1. The molecule has 3 N–H and O–H groups in total. The quantitative estimate of drug-likeness (QED) is 0.362. The number of primary amides is 1. The number of aliphatic hydroxyl groups excluding tert-OH is 1. The topological polar surface area (TPSA) is 105 Å². The normalized spacial score (nSPS) is 12.4. The summed E-state index contributed by atoms with van der Waals surface area (Å²) in [6.07, 6.45) is 0.575. The van der Waals surface area contributed by atoms with Gasteiger partial charge < -0.3 is 20.5 Å². The molecule has 33 heavy (non-hydrogen) atoms. The van der Waals surface area contributed by atoms with Gasteiger partial charge in [0.15, 0.2) is 0 Å². The van der Waals surface area contributed by atoms with Gasteiger partial charge in [-0.25, -0.2) is 0 Å². The van der Waals surface area contributed by atoms with Gasteiger partial charge in [-0.15, -0.1) is 0 Å². The van der Waals surface area contributed by atoms with Crippen molar-refractivity contribution in [1.29, 1.82) is 0 Å². The molecule has 2 aromatic carbocycles. The van der Waals surface area contributed by atoms with Crippen LogP contribution in [0.25, 0.3) is 0 Å². The monoisotopic (exact) mass is 455 g/mol. The van der Waals surface area contributed by atoms with Gasteiger partial charge in [0.25, 0.3) is 0 Å². The van der Waals surface area contributed by atoms with Crippen LogP contribution in [0.2, 0.25) is 0 Å². The summed E-state index contributed by atoms with van der Waals surface area (Å²) in [6, 6.07) is 10.7. The minimum atomic E-state index is -0.595. The van der Waals surface area contributed by atoms with Gasteiger partial charge in [-0.3, -0.25) is 4.79 Å². The maximum absolute atomic E-state index is 11.6. The van der Waals surface area contributed by atoms with Gasteiger partial charge in [-0.05, 0) is 60.1 Å². The molecule has 0 saturated heterocycles. The minimum absolute atomic E-state index is 0.0796. The van der Waals surface area contributed by atoms with E-state index in [1.165, 1.54) is 11.3 Å². The summed E-state index contributed by atoms with van der Waals surface area (Å²) in [5.41, 5.74) is 10.2. The minimum Gasteiger partial charge on any atom is -0.392 e. The fraction of sp³-hybridized carbons (Fsp3) is 0.500. The number of nitrogens with zero attached hydrogens (tertiary/aromatic N) is 2. The van der Waals surface area contributed by atoms with Gasteiger partial charge in [-0.2, -0.15) is 4.91 Å². The van der Waals surface area contributed by atoms with Crippen molar-refractivity contribution in [3.05, 3.63) is 69.1 Å². The van der Waals surface area contributed by atoms with E-state index in [4.69, 9.17) is 10.5 Å². The smallest absolute Gasteiger partial charge is 0.249 e. The van der Waals surface area contributed by atoms with Crippen LogP contribution >= 0.6 is 0 Å². The second kappa shape index (κ2) is 11.9. The van der Waals surface area contributed by atoms with Crippen molar-refractivity contribution >= 4 is 11.6 Å². The van der Waals surface area contributed by atoms with Gasteiger partial charge in [0.05, 0.1) is 19.8 Å². The van der Waals surface area contributed by atoms with Gasteiger partial charge in [-0.1, -0.05) is 50.2 Å². The lowest BCUT2D eigenvalue weighted by Gasteiger charge is -2.31. The Hall–Kier alpha value is -2.77. The summed E-state index contributed by atoms with van der Waals surface area (Å²) in [6.45, 7) is 12.9. The third-order valence-corrected chi connectivity index (χ3v) is 5.86. The Morgan fingerprint density at radius 2 is 1.85 bits per heavy atom. The Morgan fingerprint density at radius 1 is 1.15 bits per heavy atom. The number of aliphatic hydroxyl groups is 1. The number of amides is 1. The van der Waals surface area contributed by atoms with Crippen LogP contribution < -0.4 is 10.6 Å². The number of ether oxygens (including phenoxy) is 1. The molecule has 1 atom stereocenters. The largest absolute Gasteiger partial charge is 0.392 e. The van der Waals surface area contributed by atoms with Crippen LogP contribution in [0, 0.1) is 4.91 Å². The van der Waals surface area contributed by atoms with E-state index in [1.54, 1.807) is 18.2 Å². The van der Waals surface area contributed by atoms with Crippen molar-refractivity contribution in [1.82, 2.24) is 0 Å². The Kier molecular flexibility index (Phi) is 9.56. The third-order valence-electron chi connectivity index (χ3n) is 5.86. The van der Waals surface area contributed by atoms with E-state index >= 15 is 0 Å². The van der Waals surface area contributed by atoms with Crippen molar-refractivity contribution in [3.8, 4) is 0 Å². The van der Waals surface area contributed by atoms with E-state index in [9.17, 15) is 14.8 Å². The number of nitrogens with two attached hydrogens (primary N) is 1. The predicted octanol–water partition coefficient (Wildman–Crippen LogP) is 4.49. The van der Waals surface area contributed by atoms with Gasteiger partial charge in [0, 0.05) is 24.3 Å². The first kappa shape index (κ1) is 26.5. The molecule has 7 heteroatoms. The van der Waals surface area contributed by atoms with Crippen LogP contribution in [0.1, 0.15) is 73.3 Å². The first-order chi connectivity index (χ1) is 15.7. The van der Waals surface area contributed by atoms with Crippen LogP contribution in [-0.2, 0) is 23.2 Å². The van der Waals surface area contributed by atoms with E-state index in [0.717, 1.165) is 24.2 Å². The molecule has 1 amide bonds. The molecule has 0 aromatic heterocycles. The highest BCUT2D eigenvalue weighted by Crippen LogP contribution is 2.35. The highest BCUT2D eigenvalue weighted by molar-refractivity contribution is 5.94. The van der Waals surface area contributed by atoms with E-state index in [-0.39, 0.29) is 18.6 Å². The molecule has 0 aliphatic carbocycles. The van der Waals surface area contributed by atoms with Crippen molar-refractivity contribution < 1.29 is 14.6 Å². The van der Waals surface area contributed by atoms with E-state index in [0.29, 0.717) is 24.2 Å². The summed E-state index contributed by atoms with van der Waals surface area (Å²) in [4.78, 5) is 25.4. The molecule has 0 aliphatic heterocycles. The van der Waals surface area contributed by atoms with Gasteiger partial charge in [0.1, 0.15) is 6.04 Å². The average Bonchev–Trinajstić information content (AvgIpc) is 2.79. The van der Waals surface area contributed by atoms with E-state index in [2.05, 4.69) is 56.8 Å². The number of hydrogen-bond donors (Lipinski definition) is 2. The number of rotatable bonds is 12. The number of carbonyl (C=O) groups excluding carboxylic acids is 1. The molecule has 0 heterocycles. The fourth-order valence-electron chi connectivity index (χ4n) is 3.95.